The minimum Gasteiger partial charge on any atom is -0.256 e. The fourth-order valence-corrected chi connectivity index (χ4v) is 3.46. The molecule has 0 saturated heterocycles. The maximum absolute atomic E-state index is 12.4. The highest BCUT2D eigenvalue weighted by atomic mass is 32.2. The first-order valence-corrected chi connectivity index (χ1v) is 7.55. The molecule has 1 aromatic heterocycles. The average molecular weight is 289 g/mol. The van der Waals surface area contributed by atoms with Crippen LogP contribution in [0.2, 0.25) is 0 Å². The number of pyridine rings is 1. The van der Waals surface area contributed by atoms with Crippen molar-refractivity contribution in [2.45, 2.75) is 31.2 Å². The Morgan fingerprint density at radius 3 is 2.65 bits per heavy atom. The van der Waals surface area contributed by atoms with Gasteiger partial charge in [-0.2, -0.15) is 9.98 Å². The number of nitrogens with zero attached hydrogens (tertiary/aromatic N) is 2. The first kappa shape index (κ1) is 14.4. The lowest BCUT2D eigenvalue weighted by atomic mass is 10.1. The van der Waals surface area contributed by atoms with Gasteiger partial charge in [0.05, 0.1) is 16.5 Å². The first-order chi connectivity index (χ1) is 9.27. The van der Waals surface area contributed by atoms with Gasteiger partial charge in [0.1, 0.15) is 5.54 Å². The van der Waals surface area contributed by atoms with Crippen molar-refractivity contribution in [1.29, 1.82) is 5.26 Å². The van der Waals surface area contributed by atoms with Crippen molar-refractivity contribution >= 4 is 20.9 Å². The molecule has 1 heterocycles. The Bertz CT molecular complexity index is 805. The molecule has 0 aliphatic rings. The van der Waals surface area contributed by atoms with Crippen LogP contribution in [0.15, 0.2) is 35.4 Å². The Morgan fingerprint density at radius 1 is 1.30 bits per heavy atom. The molecule has 0 aliphatic carbocycles. The summed E-state index contributed by atoms with van der Waals surface area (Å²) in [6.07, 6.45) is 1.62. The van der Waals surface area contributed by atoms with Gasteiger partial charge in [-0.15, -0.1) is 0 Å². The van der Waals surface area contributed by atoms with Crippen molar-refractivity contribution in [3.05, 3.63) is 36.0 Å². The van der Waals surface area contributed by atoms with Crippen molar-refractivity contribution in [1.82, 2.24) is 9.71 Å². The zero-order chi connectivity index (χ0) is 15.0. The normalized spacial score (nSPS) is 12.3. The third-order valence-electron chi connectivity index (χ3n) is 2.89. The van der Waals surface area contributed by atoms with E-state index in [1.807, 2.05) is 13.0 Å². The van der Waals surface area contributed by atoms with E-state index in [9.17, 15) is 8.42 Å². The lowest BCUT2D eigenvalue weighted by Crippen LogP contribution is -2.42. The number of sulfonamides is 1. The topological polar surface area (TPSA) is 82.9 Å². The summed E-state index contributed by atoms with van der Waals surface area (Å²) in [5.74, 6) is 0. The molecule has 1 aromatic carbocycles. The minimum atomic E-state index is -3.79. The highest BCUT2D eigenvalue weighted by molar-refractivity contribution is 7.89. The van der Waals surface area contributed by atoms with Gasteiger partial charge in [0.2, 0.25) is 10.0 Å². The van der Waals surface area contributed by atoms with Crippen LogP contribution in [0.25, 0.3) is 10.9 Å². The summed E-state index contributed by atoms with van der Waals surface area (Å²) in [6.45, 7) is 4.90. The molecule has 2 aromatic rings. The number of fused-ring (bicyclic) bond motifs is 1. The van der Waals surface area contributed by atoms with Crippen molar-refractivity contribution in [2.75, 3.05) is 0 Å². The lowest BCUT2D eigenvalue weighted by molar-refractivity contribution is 0.536. The Hall–Kier alpha value is -1.97. The van der Waals surface area contributed by atoms with E-state index in [1.54, 1.807) is 24.4 Å². The molecule has 20 heavy (non-hydrogen) atoms. The van der Waals surface area contributed by atoms with Gasteiger partial charge in [-0.1, -0.05) is 6.07 Å². The Morgan fingerprint density at radius 2 is 2.00 bits per heavy atom. The smallest absolute Gasteiger partial charge is 0.242 e. The van der Waals surface area contributed by atoms with E-state index in [2.05, 4.69) is 9.71 Å². The maximum Gasteiger partial charge on any atom is 0.242 e. The number of rotatable bonds is 3. The molecule has 0 aliphatic heterocycles. The lowest BCUT2D eigenvalue weighted by Gasteiger charge is -2.18. The molecule has 0 fully saturated rings. The fourth-order valence-electron chi connectivity index (χ4n) is 1.94. The molecule has 104 valence electrons. The van der Waals surface area contributed by atoms with Gasteiger partial charge in [-0.25, -0.2) is 8.42 Å². The van der Waals surface area contributed by atoms with E-state index >= 15 is 0 Å². The van der Waals surface area contributed by atoms with Crippen LogP contribution in [0.1, 0.15) is 19.4 Å². The molecule has 0 spiro atoms. The highest BCUT2D eigenvalue weighted by Crippen LogP contribution is 2.25. The molecule has 0 unspecified atom stereocenters. The van der Waals surface area contributed by atoms with Gasteiger partial charge in [0.15, 0.2) is 0 Å². The van der Waals surface area contributed by atoms with Crippen LogP contribution in [-0.2, 0) is 10.0 Å². The standard InChI is InChI=1S/C14H15N3O2S/c1-10-6-7-12(11-5-4-8-16-13(10)11)20(18,19)17-14(2,3)9-15/h4-8,17H,1-3H3. The number of hydrogen-bond acceptors (Lipinski definition) is 4. The monoisotopic (exact) mass is 289 g/mol. The summed E-state index contributed by atoms with van der Waals surface area (Å²) in [7, 11) is -3.79. The first-order valence-electron chi connectivity index (χ1n) is 6.06. The quantitative estimate of drug-likeness (QED) is 0.938. The summed E-state index contributed by atoms with van der Waals surface area (Å²) in [4.78, 5) is 4.35. The summed E-state index contributed by atoms with van der Waals surface area (Å²) < 4.78 is 27.3. The Kier molecular flexibility index (Phi) is 3.50. The van der Waals surface area contributed by atoms with Crippen LogP contribution >= 0.6 is 0 Å². The molecule has 2 rings (SSSR count). The predicted molar refractivity (Wildman–Crippen MR) is 76.5 cm³/mol. The number of aromatic nitrogens is 1. The van der Waals surface area contributed by atoms with E-state index in [1.165, 1.54) is 19.9 Å². The van der Waals surface area contributed by atoms with E-state index in [0.717, 1.165) is 5.56 Å². The third-order valence-corrected chi connectivity index (χ3v) is 4.60. The summed E-state index contributed by atoms with van der Waals surface area (Å²) in [5.41, 5.74) is 0.377. The van der Waals surface area contributed by atoms with Gasteiger partial charge in [0.25, 0.3) is 0 Å². The van der Waals surface area contributed by atoms with E-state index in [-0.39, 0.29) is 4.90 Å². The van der Waals surface area contributed by atoms with Gasteiger partial charge in [0, 0.05) is 11.6 Å². The van der Waals surface area contributed by atoms with E-state index in [4.69, 9.17) is 5.26 Å². The van der Waals surface area contributed by atoms with Gasteiger partial charge >= 0.3 is 0 Å². The molecule has 0 bridgehead atoms. The van der Waals surface area contributed by atoms with Gasteiger partial charge in [-0.05, 0) is 44.5 Å². The Balaban J connectivity index is 2.65. The van der Waals surface area contributed by atoms with Crippen LogP contribution in [0.5, 0.6) is 0 Å². The SMILES string of the molecule is Cc1ccc(S(=O)(=O)NC(C)(C)C#N)c2cccnc12. The number of aryl methyl sites for hydroxylation is 1. The summed E-state index contributed by atoms with van der Waals surface area (Å²) in [6, 6.07) is 8.57. The second-order valence-electron chi connectivity index (χ2n) is 5.12. The molecule has 6 heteroatoms. The third kappa shape index (κ3) is 2.64. The molecule has 5 nitrogen and oxygen atoms in total. The maximum atomic E-state index is 12.4. The van der Waals surface area contributed by atoms with Crippen LogP contribution < -0.4 is 4.72 Å². The summed E-state index contributed by atoms with van der Waals surface area (Å²) in [5, 5.41) is 9.52. The van der Waals surface area contributed by atoms with Gasteiger partial charge < -0.3 is 0 Å². The minimum absolute atomic E-state index is 0.134. The molecular weight excluding hydrogens is 274 g/mol. The number of nitrogens with one attached hydrogen (secondary N) is 1. The second kappa shape index (κ2) is 4.85. The van der Waals surface area contributed by atoms with Crippen molar-refractivity contribution in [3.8, 4) is 6.07 Å². The average Bonchev–Trinajstić information content (AvgIpc) is 2.38. The molecule has 1 N–H and O–H groups in total. The molecule has 0 saturated carbocycles. The molecule has 0 amide bonds. The fraction of sp³-hybridized carbons (Fsp3) is 0.286. The van der Waals surface area contributed by atoms with Crippen LogP contribution in [0.3, 0.4) is 0 Å². The highest BCUT2D eigenvalue weighted by Gasteiger charge is 2.27. The second-order valence-corrected chi connectivity index (χ2v) is 6.77. The zero-order valence-electron chi connectivity index (χ0n) is 11.5. The molecule has 0 radical (unpaired) electrons. The van der Waals surface area contributed by atoms with E-state index in [0.29, 0.717) is 10.9 Å². The Labute approximate surface area is 118 Å². The molecule has 0 atom stereocenters. The predicted octanol–water partition coefficient (Wildman–Crippen LogP) is 2.12. The molecular formula is C14H15N3O2S. The largest absolute Gasteiger partial charge is 0.256 e. The van der Waals surface area contributed by atoms with Crippen LogP contribution in [0, 0.1) is 18.3 Å². The summed E-state index contributed by atoms with van der Waals surface area (Å²) >= 11 is 0. The van der Waals surface area contributed by atoms with Crippen molar-refractivity contribution in [2.24, 2.45) is 0 Å². The van der Waals surface area contributed by atoms with Crippen molar-refractivity contribution in [3.63, 3.8) is 0 Å². The zero-order valence-corrected chi connectivity index (χ0v) is 12.3. The number of nitriles is 1. The van der Waals surface area contributed by atoms with Gasteiger partial charge in [-0.3, -0.25) is 4.98 Å². The van der Waals surface area contributed by atoms with Crippen molar-refractivity contribution < 1.29 is 8.42 Å². The van der Waals surface area contributed by atoms with E-state index < -0.39 is 15.6 Å². The number of benzene rings is 1. The van der Waals surface area contributed by atoms with Crippen LogP contribution in [0.4, 0.5) is 0 Å². The number of hydrogen-bond donors (Lipinski definition) is 1. The van der Waals surface area contributed by atoms with Crippen LogP contribution in [-0.4, -0.2) is 18.9 Å².